The summed E-state index contributed by atoms with van der Waals surface area (Å²) in [6.07, 6.45) is 2.04. The normalized spacial score (nSPS) is 11.2. The molecule has 1 N–H and O–H groups in total. The fourth-order valence-electron chi connectivity index (χ4n) is 1.86. The molecule has 4 heteroatoms. The van der Waals surface area contributed by atoms with Crippen molar-refractivity contribution >= 4 is 11.6 Å². The number of aryl methyl sites for hydroxylation is 1. The lowest BCUT2D eigenvalue weighted by atomic mass is 10.1. The number of halogens is 1. The molecule has 0 saturated carbocycles. The predicted molar refractivity (Wildman–Crippen MR) is 75.6 cm³/mol. The number of nitrogens with zero attached hydrogens (tertiary/aromatic N) is 2. The molecule has 0 spiro atoms. The first-order valence-electron chi connectivity index (χ1n) is 6.08. The Morgan fingerprint density at radius 2 is 2.06 bits per heavy atom. The predicted octanol–water partition coefficient (Wildman–Crippen LogP) is 3.24. The van der Waals surface area contributed by atoms with E-state index in [1.54, 1.807) is 0 Å². The maximum absolute atomic E-state index is 6.23. The van der Waals surface area contributed by atoms with Crippen molar-refractivity contribution in [2.24, 2.45) is 7.05 Å². The Hall–Kier alpha value is -1.32. The fourth-order valence-corrected chi connectivity index (χ4v) is 2.09. The molecule has 1 aromatic heterocycles. The van der Waals surface area contributed by atoms with Gasteiger partial charge in [0.05, 0.1) is 10.7 Å². The number of benzene rings is 1. The van der Waals surface area contributed by atoms with E-state index in [2.05, 4.69) is 24.3 Å². The summed E-state index contributed by atoms with van der Waals surface area (Å²) in [5.74, 6) is 0. The van der Waals surface area contributed by atoms with Gasteiger partial charge in [-0.25, -0.2) is 0 Å². The van der Waals surface area contributed by atoms with E-state index in [-0.39, 0.29) is 0 Å². The van der Waals surface area contributed by atoms with E-state index in [1.165, 1.54) is 5.56 Å². The average Bonchev–Trinajstić information content (AvgIpc) is 2.68. The van der Waals surface area contributed by atoms with Gasteiger partial charge >= 0.3 is 0 Å². The van der Waals surface area contributed by atoms with Crippen molar-refractivity contribution in [3.8, 4) is 11.3 Å². The lowest BCUT2D eigenvalue weighted by Crippen LogP contribution is -2.21. The van der Waals surface area contributed by atoms with E-state index in [4.69, 9.17) is 11.6 Å². The molecule has 0 bridgehead atoms. The molecule has 1 aromatic carbocycles. The SMILES string of the molecule is CC(C)NCc1cn(C)nc1-c1ccccc1Cl. The van der Waals surface area contributed by atoms with E-state index < -0.39 is 0 Å². The zero-order valence-corrected chi connectivity index (χ0v) is 11.7. The van der Waals surface area contributed by atoms with Gasteiger partial charge in [-0.2, -0.15) is 5.10 Å². The van der Waals surface area contributed by atoms with E-state index in [0.717, 1.165) is 22.8 Å². The zero-order valence-electron chi connectivity index (χ0n) is 10.9. The first-order valence-corrected chi connectivity index (χ1v) is 6.46. The Morgan fingerprint density at radius 3 is 2.72 bits per heavy atom. The van der Waals surface area contributed by atoms with Crippen LogP contribution in [0, 0.1) is 0 Å². The molecule has 0 unspecified atom stereocenters. The van der Waals surface area contributed by atoms with Crippen LogP contribution in [0.3, 0.4) is 0 Å². The highest BCUT2D eigenvalue weighted by atomic mass is 35.5. The van der Waals surface area contributed by atoms with Crippen LogP contribution in [0.15, 0.2) is 30.5 Å². The average molecular weight is 264 g/mol. The van der Waals surface area contributed by atoms with Crippen LogP contribution < -0.4 is 5.32 Å². The molecule has 0 saturated heterocycles. The molecule has 2 rings (SSSR count). The van der Waals surface area contributed by atoms with Crippen molar-refractivity contribution in [3.05, 3.63) is 41.0 Å². The van der Waals surface area contributed by atoms with Crippen LogP contribution in [0.1, 0.15) is 19.4 Å². The fraction of sp³-hybridized carbons (Fsp3) is 0.357. The summed E-state index contributed by atoms with van der Waals surface area (Å²) in [5, 5.41) is 8.66. The van der Waals surface area contributed by atoms with Crippen LogP contribution in [-0.4, -0.2) is 15.8 Å². The third-order valence-corrected chi connectivity index (χ3v) is 3.06. The third kappa shape index (κ3) is 2.92. The molecule has 0 atom stereocenters. The van der Waals surface area contributed by atoms with Gasteiger partial charge in [-0.3, -0.25) is 4.68 Å². The van der Waals surface area contributed by atoms with Crippen molar-refractivity contribution in [1.29, 1.82) is 0 Å². The highest BCUT2D eigenvalue weighted by Gasteiger charge is 2.12. The van der Waals surface area contributed by atoms with Gasteiger partial charge < -0.3 is 5.32 Å². The summed E-state index contributed by atoms with van der Waals surface area (Å²) in [5.41, 5.74) is 3.11. The van der Waals surface area contributed by atoms with Crippen LogP contribution in [0.25, 0.3) is 11.3 Å². The highest BCUT2D eigenvalue weighted by molar-refractivity contribution is 6.33. The van der Waals surface area contributed by atoms with Crippen molar-refractivity contribution < 1.29 is 0 Å². The van der Waals surface area contributed by atoms with Crippen LogP contribution >= 0.6 is 11.6 Å². The van der Waals surface area contributed by atoms with Gasteiger partial charge in [0, 0.05) is 37.0 Å². The summed E-state index contributed by atoms with van der Waals surface area (Å²) >= 11 is 6.23. The largest absolute Gasteiger partial charge is 0.310 e. The molecule has 1 heterocycles. The van der Waals surface area contributed by atoms with E-state index in [1.807, 2.05) is 42.2 Å². The molecule has 2 aromatic rings. The summed E-state index contributed by atoms with van der Waals surface area (Å²) < 4.78 is 1.83. The molecular weight excluding hydrogens is 246 g/mol. The topological polar surface area (TPSA) is 29.9 Å². The summed E-state index contributed by atoms with van der Waals surface area (Å²) in [6, 6.07) is 8.26. The standard InChI is InChI=1S/C14H18ClN3/c1-10(2)16-8-11-9-18(3)17-14(11)12-6-4-5-7-13(12)15/h4-7,9-10,16H,8H2,1-3H3. The van der Waals surface area contributed by atoms with Gasteiger partial charge in [-0.05, 0) is 6.07 Å². The maximum atomic E-state index is 6.23. The minimum absolute atomic E-state index is 0.448. The molecule has 0 amide bonds. The number of aromatic nitrogens is 2. The maximum Gasteiger partial charge on any atom is 0.0982 e. The van der Waals surface area contributed by atoms with Crippen molar-refractivity contribution in [2.75, 3.05) is 0 Å². The van der Waals surface area contributed by atoms with Gasteiger partial charge in [0.1, 0.15) is 0 Å². The second kappa shape index (κ2) is 5.55. The lowest BCUT2D eigenvalue weighted by Gasteiger charge is -2.08. The first kappa shape index (κ1) is 13.1. The first-order chi connectivity index (χ1) is 8.58. The van der Waals surface area contributed by atoms with Crippen molar-refractivity contribution in [1.82, 2.24) is 15.1 Å². The van der Waals surface area contributed by atoms with Gasteiger partial charge in [-0.1, -0.05) is 43.6 Å². The van der Waals surface area contributed by atoms with Gasteiger partial charge in [-0.15, -0.1) is 0 Å². The van der Waals surface area contributed by atoms with Crippen LogP contribution in [0.2, 0.25) is 5.02 Å². The molecule has 0 aliphatic carbocycles. The molecule has 0 radical (unpaired) electrons. The molecule has 18 heavy (non-hydrogen) atoms. The summed E-state index contributed by atoms with van der Waals surface area (Å²) in [7, 11) is 1.93. The molecule has 0 aliphatic rings. The van der Waals surface area contributed by atoms with Crippen LogP contribution in [0.5, 0.6) is 0 Å². The van der Waals surface area contributed by atoms with Crippen molar-refractivity contribution in [3.63, 3.8) is 0 Å². The third-order valence-electron chi connectivity index (χ3n) is 2.73. The Balaban J connectivity index is 2.36. The monoisotopic (exact) mass is 263 g/mol. The summed E-state index contributed by atoms with van der Waals surface area (Å²) in [4.78, 5) is 0. The quantitative estimate of drug-likeness (QED) is 0.918. The van der Waals surface area contributed by atoms with Gasteiger partial charge in [0.2, 0.25) is 0 Å². The van der Waals surface area contributed by atoms with E-state index in [0.29, 0.717) is 6.04 Å². The second-order valence-corrected chi connectivity index (χ2v) is 5.10. The number of hydrogen-bond acceptors (Lipinski definition) is 2. The second-order valence-electron chi connectivity index (χ2n) is 4.69. The number of hydrogen-bond donors (Lipinski definition) is 1. The Morgan fingerprint density at radius 1 is 1.33 bits per heavy atom. The molecule has 96 valence electrons. The van der Waals surface area contributed by atoms with Gasteiger partial charge in [0.25, 0.3) is 0 Å². The molecular formula is C14H18ClN3. The van der Waals surface area contributed by atoms with E-state index >= 15 is 0 Å². The molecule has 3 nitrogen and oxygen atoms in total. The van der Waals surface area contributed by atoms with Crippen LogP contribution in [0.4, 0.5) is 0 Å². The van der Waals surface area contributed by atoms with Crippen molar-refractivity contribution in [2.45, 2.75) is 26.4 Å². The highest BCUT2D eigenvalue weighted by Crippen LogP contribution is 2.28. The van der Waals surface area contributed by atoms with E-state index in [9.17, 15) is 0 Å². The molecule has 0 aliphatic heterocycles. The Labute approximate surface area is 113 Å². The minimum atomic E-state index is 0.448. The smallest absolute Gasteiger partial charge is 0.0982 e. The van der Waals surface area contributed by atoms with Gasteiger partial charge in [0.15, 0.2) is 0 Å². The Kier molecular flexibility index (Phi) is 4.04. The minimum Gasteiger partial charge on any atom is -0.310 e. The Bertz CT molecular complexity index is 532. The number of rotatable bonds is 4. The lowest BCUT2D eigenvalue weighted by molar-refractivity contribution is 0.589. The number of nitrogens with one attached hydrogen (secondary N) is 1. The van der Waals surface area contributed by atoms with Crippen LogP contribution in [-0.2, 0) is 13.6 Å². The molecule has 0 fully saturated rings. The zero-order chi connectivity index (χ0) is 13.1. The summed E-state index contributed by atoms with van der Waals surface area (Å²) in [6.45, 7) is 5.06.